The molecule has 0 bridgehead atoms. The predicted octanol–water partition coefficient (Wildman–Crippen LogP) is 3.92. The third-order valence-corrected chi connectivity index (χ3v) is 5.92. The highest BCUT2D eigenvalue weighted by atomic mass is 32.2. The quantitative estimate of drug-likeness (QED) is 0.570. The van der Waals surface area contributed by atoms with Gasteiger partial charge in [-0.2, -0.15) is 8.78 Å². The van der Waals surface area contributed by atoms with Crippen LogP contribution in [0.15, 0.2) is 53.4 Å². The lowest BCUT2D eigenvalue weighted by atomic mass is 9.97. The van der Waals surface area contributed by atoms with E-state index >= 15 is 0 Å². The van der Waals surface area contributed by atoms with Crippen LogP contribution in [0, 0.1) is 10.1 Å². The standard InChI is InChI=1S/C18H18F2N2O5S/c19-18(20)28(25,26)14-6-7-15(16(11-14)22(23)24)21-13-8-9-27-17(10-13)12-4-2-1-3-5-12/h1-7,11,13,17-18,21H,8-10H2. The summed E-state index contributed by atoms with van der Waals surface area (Å²) in [4.78, 5) is 9.78. The highest BCUT2D eigenvalue weighted by molar-refractivity contribution is 7.91. The van der Waals surface area contributed by atoms with Gasteiger partial charge in [0.1, 0.15) is 5.69 Å². The first kappa shape index (κ1) is 20.2. The zero-order chi connectivity index (χ0) is 20.3. The Balaban J connectivity index is 1.82. The van der Waals surface area contributed by atoms with Gasteiger partial charge in [-0.05, 0) is 30.5 Å². The van der Waals surface area contributed by atoms with Crippen molar-refractivity contribution in [3.05, 3.63) is 64.2 Å². The number of nitrogens with one attached hydrogen (secondary N) is 1. The highest BCUT2D eigenvalue weighted by Gasteiger charge is 2.30. The van der Waals surface area contributed by atoms with Crippen molar-refractivity contribution in [1.29, 1.82) is 0 Å². The number of halogens is 2. The van der Waals surface area contributed by atoms with Crippen LogP contribution in [0.25, 0.3) is 0 Å². The van der Waals surface area contributed by atoms with E-state index in [4.69, 9.17) is 4.74 Å². The number of sulfone groups is 1. The number of benzene rings is 2. The molecular formula is C18H18F2N2O5S. The molecule has 1 aliphatic heterocycles. The lowest BCUT2D eigenvalue weighted by molar-refractivity contribution is -0.384. The van der Waals surface area contributed by atoms with E-state index in [1.165, 1.54) is 0 Å². The molecule has 0 saturated carbocycles. The first-order valence-corrected chi connectivity index (χ1v) is 10.1. The van der Waals surface area contributed by atoms with Gasteiger partial charge in [0.15, 0.2) is 0 Å². The fourth-order valence-corrected chi connectivity index (χ4v) is 3.85. The van der Waals surface area contributed by atoms with Gasteiger partial charge < -0.3 is 10.1 Å². The van der Waals surface area contributed by atoms with Crippen molar-refractivity contribution in [3.8, 4) is 0 Å². The van der Waals surface area contributed by atoms with E-state index in [-0.39, 0.29) is 17.8 Å². The van der Waals surface area contributed by atoms with Gasteiger partial charge in [-0.25, -0.2) is 8.42 Å². The first-order valence-electron chi connectivity index (χ1n) is 8.52. The van der Waals surface area contributed by atoms with Gasteiger partial charge in [0.05, 0.1) is 15.9 Å². The van der Waals surface area contributed by atoms with Gasteiger partial charge in [0.2, 0.25) is 9.84 Å². The Labute approximate surface area is 160 Å². The number of rotatable bonds is 6. The zero-order valence-electron chi connectivity index (χ0n) is 14.6. The summed E-state index contributed by atoms with van der Waals surface area (Å²) in [5.41, 5.74) is 0.503. The van der Waals surface area contributed by atoms with E-state index in [9.17, 15) is 27.3 Å². The number of nitro benzene ring substituents is 1. The number of hydrogen-bond donors (Lipinski definition) is 1. The van der Waals surface area contributed by atoms with Crippen LogP contribution in [0.2, 0.25) is 0 Å². The summed E-state index contributed by atoms with van der Waals surface area (Å²) < 4.78 is 54.4. The molecule has 3 rings (SSSR count). The minimum absolute atomic E-state index is 0.0805. The monoisotopic (exact) mass is 412 g/mol. The molecule has 1 heterocycles. The van der Waals surface area contributed by atoms with Crippen LogP contribution in [0.4, 0.5) is 20.2 Å². The second-order valence-corrected chi connectivity index (χ2v) is 8.30. The first-order chi connectivity index (χ1) is 13.3. The largest absolute Gasteiger partial charge is 0.377 e. The molecule has 2 unspecified atom stereocenters. The summed E-state index contributed by atoms with van der Waals surface area (Å²) in [6.45, 7) is 0.447. The molecule has 150 valence electrons. The summed E-state index contributed by atoms with van der Waals surface area (Å²) in [5.74, 6) is -3.65. The maximum atomic E-state index is 12.7. The molecule has 0 radical (unpaired) electrons. The van der Waals surface area contributed by atoms with Gasteiger partial charge >= 0.3 is 5.76 Å². The third-order valence-electron chi connectivity index (χ3n) is 4.54. The van der Waals surface area contributed by atoms with Gasteiger partial charge in [-0.3, -0.25) is 10.1 Å². The zero-order valence-corrected chi connectivity index (χ0v) is 15.4. The number of alkyl halides is 2. The van der Waals surface area contributed by atoms with Crippen molar-refractivity contribution in [2.45, 2.75) is 35.6 Å². The van der Waals surface area contributed by atoms with Crippen molar-refractivity contribution in [3.63, 3.8) is 0 Å². The minimum atomic E-state index is -4.91. The molecule has 28 heavy (non-hydrogen) atoms. The molecule has 1 N–H and O–H groups in total. The lowest BCUT2D eigenvalue weighted by Gasteiger charge is -2.31. The predicted molar refractivity (Wildman–Crippen MR) is 98.1 cm³/mol. The van der Waals surface area contributed by atoms with E-state index in [1.54, 1.807) is 0 Å². The summed E-state index contributed by atoms with van der Waals surface area (Å²) >= 11 is 0. The van der Waals surface area contributed by atoms with Crippen molar-refractivity contribution in [2.75, 3.05) is 11.9 Å². The van der Waals surface area contributed by atoms with E-state index < -0.39 is 31.1 Å². The Hall–Kier alpha value is -2.59. The number of nitrogens with zero attached hydrogens (tertiary/aromatic N) is 1. The molecule has 1 fully saturated rings. The Morgan fingerprint density at radius 3 is 2.54 bits per heavy atom. The molecule has 1 aliphatic rings. The topological polar surface area (TPSA) is 98.5 Å². The van der Waals surface area contributed by atoms with E-state index in [2.05, 4.69) is 5.32 Å². The van der Waals surface area contributed by atoms with E-state index in [0.717, 1.165) is 17.7 Å². The van der Waals surface area contributed by atoms with Crippen molar-refractivity contribution in [1.82, 2.24) is 0 Å². The second-order valence-electron chi connectivity index (χ2n) is 6.38. The van der Waals surface area contributed by atoms with Crippen LogP contribution < -0.4 is 5.32 Å². The third kappa shape index (κ3) is 4.28. The van der Waals surface area contributed by atoms with Crippen LogP contribution in [-0.4, -0.2) is 31.7 Å². The van der Waals surface area contributed by atoms with Gasteiger partial charge in [0.25, 0.3) is 5.69 Å². The summed E-state index contributed by atoms with van der Waals surface area (Å²) in [5, 5.41) is 14.4. The van der Waals surface area contributed by atoms with Crippen LogP contribution in [0.1, 0.15) is 24.5 Å². The molecule has 2 atom stereocenters. The Kier molecular flexibility index (Phi) is 5.90. The fraction of sp³-hybridized carbons (Fsp3) is 0.333. The average Bonchev–Trinajstić information content (AvgIpc) is 2.68. The van der Waals surface area contributed by atoms with Gasteiger partial charge in [-0.1, -0.05) is 30.3 Å². The van der Waals surface area contributed by atoms with Crippen LogP contribution >= 0.6 is 0 Å². The molecule has 1 saturated heterocycles. The van der Waals surface area contributed by atoms with Crippen molar-refractivity contribution < 1.29 is 26.9 Å². The Morgan fingerprint density at radius 1 is 1.18 bits per heavy atom. The highest BCUT2D eigenvalue weighted by Crippen LogP contribution is 2.34. The molecule has 0 spiro atoms. The summed E-state index contributed by atoms with van der Waals surface area (Å²) in [6.07, 6.45) is 0.973. The Morgan fingerprint density at radius 2 is 1.89 bits per heavy atom. The molecule has 0 amide bonds. The number of ether oxygens (including phenoxy) is 1. The average molecular weight is 412 g/mol. The van der Waals surface area contributed by atoms with E-state index in [0.29, 0.717) is 25.5 Å². The van der Waals surface area contributed by atoms with Gasteiger partial charge in [-0.15, -0.1) is 0 Å². The molecule has 2 aromatic carbocycles. The van der Waals surface area contributed by atoms with E-state index in [1.807, 2.05) is 30.3 Å². The molecular weight excluding hydrogens is 394 g/mol. The normalized spacial score (nSPS) is 20.1. The maximum Gasteiger partial charge on any atom is 0.341 e. The number of nitro groups is 1. The Bertz CT molecular complexity index is 954. The van der Waals surface area contributed by atoms with Crippen LogP contribution in [0.5, 0.6) is 0 Å². The fourth-order valence-electron chi connectivity index (χ4n) is 3.11. The van der Waals surface area contributed by atoms with Crippen molar-refractivity contribution >= 4 is 21.2 Å². The number of hydrogen-bond acceptors (Lipinski definition) is 6. The summed E-state index contributed by atoms with van der Waals surface area (Å²) in [7, 11) is -4.91. The van der Waals surface area contributed by atoms with Gasteiger partial charge in [0, 0.05) is 18.7 Å². The smallest absolute Gasteiger partial charge is 0.341 e. The second kappa shape index (κ2) is 8.19. The summed E-state index contributed by atoms with van der Waals surface area (Å²) in [6, 6.07) is 12.1. The molecule has 7 nitrogen and oxygen atoms in total. The lowest BCUT2D eigenvalue weighted by Crippen LogP contribution is -2.30. The number of anilines is 1. The molecule has 0 aliphatic carbocycles. The molecule has 0 aromatic heterocycles. The van der Waals surface area contributed by atoms with Crippen molar-refractivity contribution in [2.24, 2.45) is 0 Å². The minimum Gasteiger partial charge on any atom is -0.377 e. The van der Waals surface area contributed by atoms with Crippen LogP contribution in [0.3, 0.4) is 0 Å². The molecule has 2 aromatic rings. The maximum absolute atomic E-state index is 12.7. The SMILES string of the molecule is O=[N+]([O-])c1cc(S(=O)(=O)C(F)F)ccc1NC1CCOC(c2ccccc2)C1. The molecule has 10 heteroatoms. The van der Waals surface area contributed by atoms with Crippen LogP contribution in [-0.2, 0) is 14.6 Å².